The number of fused-ring (bicyclic) bond motifs is 1. The first-order valence-corrected chi connectivity index (χ1v) is 5.31. The first-order valence-electron chi connectivity index (χ1n) is 5.31. The lowest BCUT2D eigenvalue weighted by atomic mass is 9.95. The Morgan fingerprint density at radius 2 is 1.94 bits per heavy atom. The average molecular weight is 254 g/mol. The highest BCUT2D eigenvalue weighted by Crippen LogP contribution is 2.44. The second-order valence-corrected chi connectivity index (χ2v) is 3.99. The Bertz CT molecular complexity index is 510. The van der Waals surface area contributed by atoms with Crippen LogP contribution < -0.4 is 9.47 Å². The Morgan fingerprint density at radius 1 is 1.33 bits per heavy atom. The lowest BCUT2D eigenvalue weighted by Gasteiger charge is -2.21. The second-order valence-electron chi connectivity index (χ2n) is 3.99. The number of hydrogen-bond donors (Lipinski definition) is 2. The van der Waals surface area contributed by atoms with Crippen molar-refractivity contribution in [2.24, 2.45) is 0 Å². The average Bonchev–Trinajstić information content (AvgIpc) is 2.64. The number of ether oxygens (including phenoxy) is 3. The summed E-state index contributed by atoms with van der Waals surface area (Å²) in [6.07, 6.45) is 0. The third-order valence-electron chi connectivity index (χ3n) is 3.01. The van der Waals surface area contributed by atoms with Gasteiger partial charge in [-0.25, -0.2) is 4.79 Å². The highest BCUT2D eigenvalue weighted by atomic mass is 16.7. The molecule has 0 aromatic heterocycles. The molecule has 0 aliphatic carbocycles. The Balaban J connectivity index is 2.79. The van der Waals surface area contributed by atoms with Crippen LogP contribution in [0.4, 0.5) is 0 Å². The largest absolute Gasteiger partial charge is 0.496 e. The first kappa shape index (κ1) is 12.7. The Hall–Kier alpha value is -1.79. The molecule has 0 spiro atoms. The zero-order valence-corrected chi connectivity index (χ0v) is 10.3. The number of carbonyl (C=O) groups excluding carboxylic acids is 1. The standard InChI is InChI=1S/C12H14O6/c1-6-7(16-2)4-8(17-3)9-10(6)12(15,5-13)18-11(9)14/h4,13,15H,5H2,1-3H3. The molecule has 0 saturated heterocycles. The molecule has 1 heterocycles. The molecule has 0 fully saturated rings. The number of methoxy groups -OCH3 is 2. The first-order chi connectivity index (χ1) is 8.48. The fraction of sp³-hybridized carbons (Fsp3) is 0.417. The van der Waals surface area contributed by atoms with Crippen molar-refractivity contribution >= 4 is 5.97 Å². The molecular weight excluding hydrogens is 240 g/mol. The molecule has 1 atom stereocenters. The highest BCUT2D eigenvalue weighted by Gasteiger charge is 2.47. The van der Waals surface area contributed by atoms with E-state index in [0.29, 0.717) is 11.3 Å². The van der Waals surface area contributed by atoms with Gasteiger partial charge in [0.2, 0.25) is 0 Å². The summed E-state index contributed by atoms with van der Waals surface area (Å²) in [6, 6.07) is 1.54. The maximum atomic E-state index is 11.8. The van der Waals surface area contributed by atoms with Crippen molar-refractivity contribution in [3.8, 4) is 11.5 Å². The number of rotatable bonds is 3. The molecule has 1 aromatic rings. The Kier molecular flexibility index (Phi) is 2.92. The molecule has 0 amide bonds. The molecule has 1 aliphatic heterocycles. The Labute approximate surface area is 104 Å². The van der Waals surface area contributed by atoms with Crippen LogP contribution >= 0.6 is 0 Å². The van der Waals surface area contributed by atoms with Gasteiger partial charge in [0.05, 0.1) is 19.8 Å². The monoisotopic (exact) mass is 254 g/mol. The highest BCUT2D eigenvalue weighted by molar-refractivity contribution is 5.98. The van der Waals surface area contributed by atoms with E-state index in [0.717, 1.165) is 0 Å². The Morgan fingerprint density at radius 3 is 2.44 bits per heavy atom. The summed E-state index contributed by atoms with van der Waals surface area (Å²) in [5.74, 6) is -2.10. The van der Waals surface area contributed by atoms with Crippen LogP contribution in [-0.2, 0) is 10.5 Å². The second kappa shape index (κ2) is 4.15. The normalized spacial score (nSPS) is 21.5. The van der Waals surface area contributed by atoms with Gasteiger partial charge in [-0.2, -0.15) is 0 Å². The van der Waals surface area contributed by atoms with E-state index < -0.39 is 18.4 Å². The van der Waals surface area contributed by atoms with Crippen LogP contribution in [0.1, 0.15) is 21.5 Å². The molecule has 0 bridgehead atoms. The summed E-state index contributed by atoms with van der Waals surface area (Å²) in [7, 11) is 2.86. The minimum absolute atomic E-state index is 0.118. The molecule has 6 heteroatoms. The van der Waals surface area contributed by atoms with Gasteiger partial charge in [0, 0.05) is 11.6 Å². The summed E-state index contributed by atoms with van der Waals surface area (Å²) in [4.78, 5) is 11.8. The minimum atomic E-state index is -2.04. The lowest BCUT2D eigenvalue weighted by Crippen LogP contribution is -2.30. The quantitative estimate of drug-likeness (QED) is 0.756. The number of hydrogen-bond acceptors (Lipinski definition) is 6. The van der Waals surface area contributed by atoms with Crippen LogP contribution in [0.2, 0.25) is 0 Å². The van der Waals surface area contributed by atoms with Crippen LogP contribution in [-0.4, -0.2) is 37.0 Å². The molecule has 2 N–H and O–H groups in total. The van der Waals surface area contributed by atoms with Gasteiger partial charge in [-0.05, 0) is 6.92 Å². The van der Waals surface area contributed by atoms with Crippen molar-refractivity contribution in [2.75, 3.05) is 20.8 Å². The van der Waals surface area contributed by atoms with Gasteiger partial charge in [0.1, 0.15) is 23.7 Å². The summed E-state index contributed by atoms with van der Waals surface area (Å²) in [6.45, 7) is 0.933. The number of carbonyl (C=O) groups is 1. The molecule has 18 heavy (non-hydrogen) atoms. The fourth-order valence-electron chi connectivity index (χ4n) is 2.16. The van der Waals surface area contributed by atoms with Gasteiger partial charge >= 0.3 is 5.97 Å². The predicted octanol–water partition coefficient (Wildman–Crippen LogP) is 0.320. The summed E-state index contributed by atoms with van der Waals surface area (Å²) in [5, 5.41) is 19.4. The number of benzene rings is 1. The smallest absolute Gasteiger partial charge is 0.345 e. The number of aliphatic hydroxyl groups excluding tert-OH is 1. The molecule has 1 aliphatic rings. The lowest BCUT2D eigenvalue weighted by molar-refractivity contribution is -0.187. The maximum Gasteiger partial charge on any atom is 0.345 e. The van der Waals surface area contributed by atoms with Crippen LogP contribution in [0.5, 0.6) is 11.5 Å². The summed E-state index contributed by atoms with van der Waals surface area (Å²) < 4.78 is 15.1. The predicted molar refractivity (Wildman–Crippen MR) is 60.7 cm³/mol. The van der Waals surface area contributed by atoms with Crippen LogP contribution in [0.15, 0.2) is 6.07 Å². The van der Waals surface area contributed by atoms with E-state index in [1.165, 1.54) is 14.2 Å². The van der Waals surface area contributed by atoms with E-state index in [4.69, 9.17) is 14.2 Å². The van der Waals surface area contributed by atoms with Gasteiger partial charge < -0.3 is 24.4 Å². The molecule has 1 unspecified atom stereocenters. The summed E-state index contributed by atoms with van der Waals surface area (Å²) >= 11 is 0. The SMILES string of the molecule is COc1cc(OC)c2c(c1C)C(O)(CO)OC2=O. The molecule has 1 aromatic carbocycles. The molecular formula is C12H14O6. The van der Waals surface area contributed by atoms with Crippen molar-refractivity contribution < 1.29 is 29.2 Å². The third kappa shape index (κ3) is 1.53. The zero-order valence-electron chi connectivity index (χ0n) is 10.3. The van der Waals surface area contributed by atoms with E-state index in [9.17, 15) is 15.0 Å². The van der Waals surface area contributed by atoms with Crippen molar-refractivity contribution in [1.29, 1.82) is 0 Å². The van der Waals surface area contributed by atoms with Gasteiger partial charge in [-0.3, -0.25) is 0 Å². The van der Waals surface area contributed by atoms with Crippen molar-refractivity contribution in [3.05, 3.63) is 22.8 Å². The topological polar surface area (TPSA) is 85.2 Å². The van der Waals surface area contributed by atoms with Crippen LogP contribution in [0.25, 0.3) is 0 Å². The maximum absolute atomic E-state index is 11.8. The van der Waals surface area contributed by atoms with Gasteiger partial charge in [-0.15, -0.1) is 0 Å². The van der Waals surface area contributed by atoms with Gasteiger partial charge in [0.25, 0.3) is 5.79 Å². The third-order valence-corrected chi connectivity index (χ3v) is 3.01. The van der Waals surface area contributed by atoms with Crippen molar-refractivity contribution in [1.82, 2.24) is 0 Å². The zero-order chi connectivity index (χ0) is 13.5. The van der Waals surface area contributed by atoms with Crippen molar-refractivity contribution in [2.45, 2.75) is 12.7 Å². The van der Waals surface area contributed by atoms with E-state index in [1.807, 2.05) is 0 Å². The number of esters is 1. The minimum Gasteiger partial charge on any atom is -0.496 e. The van der Waals surface area contributed by atoms with Gasteiger partial charge in [0.15, 0.2) is 0 Å². The molecule has 0 saturated carbocycles. The van der Waals surface area contributed by atoms with E-state index >= 15 is 0 Å². The fourth-order valence-corrected chi connectivity index (χ4v) is 2.16. The van der Waals surface area contributed by atoms with E-state index in [1.54, 1.807) is 13.0 Å². The summed E-state index contributed by atoms with van der Waals surface area (Å²) in [5.41, 5.74) is 0.828. The van der Waals surface area contributed by atoms with Crippen LogP contribution in [0.3, 0.4) is 0 Å². The van der Waals surface area contributed by atoms with Crippen molar-refractivity contribution in [3.63, 3.8) is 0 Å². The number of cyclic esters (lactones) is 1. The van der Waals surface area contributed by atoms with E-state index in [2.05, 4.69) is 0 Å². The molecule has 2 rings (SSSR count). The van der Waals surface area contributed by atoms with Gasteiger partial charge in [-0.1, -0.05) is 0 Å². The number of aliphatic hydroxyl groups is 2. The molecule has 0 radical (unpaired) electrons. The van der Waals surface area contributed by atoms with E-state index in [-0.39, 0.29) is 16.9 Å². The molecule has 6 nitrogen and oxygen atoms in total. The van der Waals surface area contributed by atoms with Crippen LogP contribution in [0, 0.1) is 6.92 Å². The molecule has 98 valence electrons.